The summed E-state index contributed by atoms with van der Waals surface area (Å²) in [5.41, 5.74) is 2.06. The average molecular weight is 540 g/mol. The second-order valence-electron chi connectivity index (χ2n) is 8.84. The summed E-state index contributed by atoms with van der Waals surface area (Å²) in [6, 6.07) is 10.4. The monoisotopic (exact) mass is 539 g/mol. The third-order valence-corrected chi connectivity index (χ3v) is 7.80. The van der Waals surface area contributed by atoms with Crippen LogP contribution in [0.2, 0.25) is 0 Å². The van der Waals surface area contributed by atoms with E-state index in [-0.39, 0.29) is 17.3 Å². The van der Waals surface area contributed by atoms with Crippen molar-refractivity contribution in [3.05, 3.63) is 74.8 Å². The molecule has 1 amide bonds. The summed E-state index contributed by atoms with van der Waals surface area (Å²) < 4.78 is 21.4. The first-order chi connectivity index (χ1) is 17.9. The lowest BCUT2D eigenvalue weighted by atomic mass is 10.2. The van der Waals surface area contributed by atoms with Crippen molar-refractivity contribution >= 4 is 57.4 Å². The number of aryl methyl sites for hydroxylation is 1. The standard InChI is InChI=1S/C26H26FN5O3S2/c1-17-7-8-22-28-23(30-11-9-29(10-12-30)20-6-4-3-5-19(20)27)18(24(33)32(22)16-17)15-21-25(34)31(13-14-35-2)26(36)37-21/h3-8,15-16H,9-14H2,1-2H3. The number of amides is 1. The van der Waals surface area contributed by atoms with Gasteiger partial charge in [-0.2, -0.15) is 0 Å². The number of hydrogen-bond acceptors (Lipinski definition) is 8. The zero-order valence-corrected chi connectivity index (χ0v) is 22.1. The van der Waals surface area contributed by atoms with E-state index in [0.29, 0.717) is 71.3 Å². The van der Waals surface area contributed by atoms with Gasteiger partial charge in [-0.15, -0.1) is 0 Å². The minimum absolute atomic E-state index is 0.254. The van der Waals surface area contributed by atoms with Crippen LogP contribution in [0.25, 0.3) is 11.7 Å². The van der Waals surface area contributed by atoms with Gasteiger partial charge in [0, 0.05) is 39.5 Å². The maximum absolute atomic E-state index is 14.3. The summed E-state index contributed by atoms with van der Waals surface area (Å²) in [5, 5.41) is 0. The number of aromatic nitrogens is 2. The molecule has 8 nitrogen and oxygen atoms in total. The van der Waals surface area contributed by atoms with Gasteiger partial charge in [-0.05, 0) is 36.8 Å². The highest BCUT2D eigenvalue weighted by atomic mass is 32.2. The highest BCUT2D eigenvalue weighted by molar-refractivity contribution is 8.26. The number of methoxy groups -OCH3 is 1. The first kappa shape index (κ1) is 25.4. The van der Waals surface area contributed by atoms with Gasteiger partial charge >= 0.3 is 0 Å². The fourth-order valence-corrected chi connectivity index (χ4v) is 5.78. The van der Waals surface area contributed by atoms with Gasteiger partial charge in [0.15, 0.2) is 0 Å². The molecule has 0 radical (unpaired) electrons. The molecule has 0 spiro atoms. The van der Waals surface area contributed by atoms with Crippen molar-refractivity contribution in [1.82, 2.24) is 14.3 Å². The maximum atomic E-state index is 14.3. The molecular formula is C26H26FN5O3S2. The van der Waals surface area contributed by atoms with Crippen LogP contribution in [-0.2, 0) is 9.53 Å². The van der Waals surface area contributed by atoms with E-state index in [9.17, 15) is 14.0 Å². The number of ether oxygens (including phenoxy) is 1. The summed E-state index contributed by atoms with van der Waals surface area (Å²) in [7, 11) is 1.56. The molecule has 11 heteroatoms. The van der Waals surface area contributed by atoms with Crippen LogP contribution >= 0.6 is 24.0 Å². The highest BCUT2D eigenvalue weighted by Crippen LogP contribution is 2.33. The number of hydrogen-bond donors (Lipinski definition) is 0. The van der Waals surface area contributed by atoms with Crippen LogP contribution in [0.3, 0.4) is 0 Å². The Morgan fingerprint density at radius 3 is 2.57 bits per heavy atom. The fraction of sp³-hybridized carbons (Fsp3) is 0.308. The van der Waals surface area contributed by atoms with Crippen LogP contribution in [0.5, 0.6) is 0 Å². The molecule has 0 aliphatic carbocycles. The number of thiocarbonyl (C=S) groups is 1. The molecule has 2 aliphatic heterocycles. The molecule has 0 unspecified atom stereocenters. The predicted molar refractivity (Wildman–Crippen MR) is 149 cm³/mol. The lowest BCUT2D eigenvalue weighted by molar-refractivity contribution is -0.122. The van der Waals surface area contributed by atoms with E-state index < -0.39 is 0 Å². The van der Waals surface area contributed by atoms with Crippen molar-refractivity contribution in [1.29, 1.82) is 0 Å². The molecular weight excluding hydrogens is 513 g/mol. The van der Waals surface area contributed by atoms with Gasteiger partial charge in [-0.1, -0.05) is 42.2 Å². The first-order valence-corrected chi connectivity index (χ1v) is 13.1. The Kier molecular flexibility index (Phi) is 7.27. The van der Waals surface area contributed by atoms with E-state index in [1.165, 1.54) is 27.1 Å². The number of para-hydroxylation sites is 1. The number of anilines is 2. The van der Waals surface area contributed by atoms with E-state index >= 15 is 0 Å². The Morgan fingerprint density at radius 1 is 1.11 bits per heavy atom. The molecule has 0 bridgehead atoms. The minimum Gasteiger partial charge on any atom is -0.383 e. The second kappa shape index (κ2) is 10.6. The molecule has 37 heavy (non-hydrogen) atoms. The Labute approximate surface area is 223 Å². The van der Waals surface area contributed by atoms with Crippen LogP contribution in [0.1, 0.15) is 11.1 Å². The van der Waals surface area contributed by atoms with Crippen LogP contribution < -0.4 is 15.4 Å². The van der Waals surface area contributed by atoms with Crippen molar-refractivity contribution < 1.29 is 13.9 Å². The molecule has 4 heterocycles. The van der Waals surface area contributed by atoms with Gasteiger partial charge in [0.25, 0.3) is 11.5 Å². The Bertz CT molecular complexity index is 1470. The van der Waals surface area contributed by atoms with Gasteiger partial charge in [-0.25, -0.2) is 9.37 Å². The Hall–Kier alpha value is -3.28. The summed E-state index contributed by atoms with van der Waals surface area (Å²) in [4.78, 5) is 37.5. The Balaban J connectivity index is 1.52. The smallest absolute Gasteiger partial charge is 0.267 e. The molecule has 0 atom stereocenters. The quantitative estimate of drug-likeness (QED) is 0.349. The summed E-state index contributed by atoms with van der Waals surface area (Å²) in [6.07, 6.45) is 3.35. The molecule has 2 aromatic heterocycles. The number of halogens is 1. The zero-order valence-electron chi connectivity index (χ0n) is 20.5. The van der Waals surface area contributed by atoms with Crippen molar-refractivity contribution in [2.24, 2.45) is 0 Å². The van der Waals surface area contributed by atoms with Crippen LogP contribution in [0.15, 0.2) is 52.3 Å². The second-order valence-corrected chi connectivity index (χ2v) is 10.5. The largest absolute Gasteiger partial charge is 0.383 e. The van der Waals surface area contributed by atoms with Crippen LogP contribution in [0.4, 0.5) is 15.9 Å². The van der Waals surface area contributed by atoms with E-state index in [2.05, 4.69) is 0 Å². The Morgan fingerprint density at radius 2 is 1.84 bits per heavy atom. The number of thioether (sulfide) groups is 1. The van der Waals surface area contributed by atoms with E-state index in [0.717, 1.165) is 5.56 Å². The summed E-state index contributed by atoms with van der Waals surface area (Å²) in [6.45, 7) is 4.82. The number of fused-ring (bicyclic) bond motifs is 1. The third kappa shape index (κ3) is 4.98. The molecule has 3 aromatic rings. The molecule has 2 saturated heterocycles. The van der Waals surface area contributed by atoms with Crippen molar-refractivity contribution in [3.8, 4) is 0 Å². The fourth-order valence-electron chi connectivity index (χ4n) is 4.49. The van der Waals surface area contributed by atoms with E-state index in [4.69, 9.17) is 21.9 Å². The van der Waals surface area contributed by atoms with Crippen LogP contribution in [-0.4, -0.2) is 71.0 Å². The first-order valence-electron chi connectivity index (χ1n) is 11.9. The third-order valence-electron chi connectivity index (χ3n) is 6.43. The van der Waals surface area contributed by atoms with Crippen LogP contribution in [0, 0.1) is 12.7 Å². The topological polar surface area (TPSA) is 70.4 Å². The summed E-state index contributed by atoms with van der Waals surface area (Å²) in [5.74, 6) is -0.00936. The van der Waals surface area contributed by atoms with Crippen molar-refractivity contribution in [2.75, 3.05) is 56.2 Å². The zero-order chi connectivity index (χ0) is 26.1. The lowest BCUT2D eigenvalue weighted by Crippen LogP contribution is -2.47. The number of pyridine rings is 1. The van der Waals surface area contributed by atoms with Crippen molar-refractivity contribution in [3.63, 3.8) is 0 Å². The molecule has 5 rings (SSSR count). The number of piperazine rings is 1. The molecule has 0 saturated carbocycles. The van der Waals surface area contributed by atoms with Gasteiger partial charge < -0.3 is 14.5 Å². The number of nitrogens with zero attached hydrogens (tertiary/aromatic N) is 5. The van der Waals surface area contributed by atoms with E-state index in [1.807, 2.05) is 34.9 Å². The minimum atomic E-state index is -0.262. The van der Waals surface area contributed by atoms with Gasteiger partial charge in [0.05, 0.1) is 29.3 Å². The lowest BCUT2D eigenvalue weighted by Gasteiger charge is -2.37. The molecule has 2 fully saturated rings. The van der Waals surface area contributed by atoms with E-state index in [1.54, 1.807) is 31.5 Å². The van der Waals surface area contributed by atoms with Gasteiger partial charge in [0.1, 0.15) is 21.6 Å². The maximum Gasteiger partial charge on any atom is 0.267 e. The number of carbonyl (C=O) groups excluding carboxylic acids is 1. The predicted octanol–water partition coefficient (Wildman–Crippen LogP) is 3.32. The normalized spacial score (nSPS) is 17.5. The van der Waals surface area contributed by atoms with Crippen molar-refractivity contribution in [2.45, 2.75) is 6.92 Å². The average Bonchev–Trinajstić information content (AvgIpc) is 3.16. The number of benzene rings is 1. The molecule has 192 valence electrons. The molecule has 0 N–H and O–H groups in total. The highest BCUT2D eigenvalue weighted by Gasteiger charge is 2.33. The van der Waals surface area contributed by atoms with Gasteiger partial charge in [0.2, 0.25) is 0 Å². The molecule has 1 aromatic carbocycles. The summed E-state index contributed by atoms with van der Waals surface area (Å²) >= 11 is 6.57. The van der Waals surface area contributed by atoms with Gasteiger partial charge in [-0.3, -0.25) is 18.9 Å². The number of rotatable bonds is 6. The molecule has 2 aliphatic rings. The SMILES string of the molecule is COCCN1C(=O)C(=Cc2c(N3CCN(c4ccccc4F)CC3)nc3ccc(C)cn3c2=O)SC1=S. The number of carbonyl (C=O) groups is 1.